The third-order valence-electron chi connectivity index (χ3n) is 2.06. The summed E-state index contributed by atoms with van der Waals surface area (Å²) in [6, 6.07) is 4.86. The predicted molar refractivity (Wildman–Crippen MR) is 54.9 cm³/mol. The molecule has 0 aliphatic rings. The van der Waals surface area contributed by atoms with Crippen molar-refractivity contribution in [3.63, 3.8) is 0 Å². The van der Waals surface area contributed by atoms with Crippen molar-refractivity contribution in [2.45, 2.75) is 18.9 Å². The first kappa shape index (κ1) is 14.3. The molecule has 0 spiro atoms. The smallest absolute Gasteiger partial charge is 0.467 e. The van der Waals surface area contributed by atoms with Gasteiger partial charge in [-0.3, -0.25) is 0 Å². The van der Waals surface area contributed by atoms with Crippen LogP contribution in [0.4, 0.5) is 13.2 Å². The van der Waals surface area contributed by atoms with Crippen LogP contribution < -0.4 is 4.74 Å². The number of carbonyl (C=O) groups excluding carboxylic acids is 1. The molecule has 0 aliphatic heterocycles. The Morgan fingerprint density at radius 3 is 2.33 bits per heavy atom. The molecular weight excluding hydrogens is 253 g/mol. The first-order valence-electron chi connectivity index (χ1n) is 4.92. The van der Waals surface area contributed by atoms with Crippen molar-refractivity contribution in [1.82, 2.24) is 0 Å². The summed E-state index contributed by atoms with van der Waals surface area (Å²) in [4.78, 5) is 10.9. The van der Waals surface area contributed by atoms with E-state index in [1.165, 1.54) is 12.1 Å². The zero-order valence-corrected chi connectivity index (χ0v) is 9.40. The monoisotopic (exact) mass is 264 g/mol. The molecule has 1 aromatic rings. The molecule has 0 aromatic heterocycles. The molecule has 1 atom stereocenters. The molecule has 0 aliphatic carbocycles. The lowest BCUT2D eigenvalue weighted by Crippen LogP contribution is -2.24. The van der Waals surface area contributed by atoms with Crippen LogP contribution in [-0.4, -0.2) is 30.7 Å². The molecule has 1 N–H and O–H groups in total. The first-order chi connectivity index (χ1) is 8.31. The normalized spacial score (nSPS) is 12.9. The van der Waals surface area contributed by atoms with E-state index in [1.54, 1.807) is 0 Å². The lowest BCUT2D eigenvalue weighted by atomic mass is 10.1. The number of rotatable bonds is 4. The van der Waals surface area contributed by atoms with E-state index in [0.717, 1.165) is 19.2 Å². The minimum Gasteiger partial charge on any atom is -0.467 e. The Morgan fingerprint density at radius 1 is 1.33 bits per heavy atom. The van der Waals surface area contributed by atoms with Gasteiger partial charge in [0.2, 0.25) is 0 Å². The topological polar surface area (TPSA) is 55.8 Å². The number of esters is 1. The van der Waals surface area contributed by atoms with E-state index >= 15 is 0 Å². The van der Waals surface area contributed by atoms with Crippen molar-refractivity contribution in [2.24, 2.45) is 0 Å². The van der Waals surface area contributed by atoms with Gasteiger partial charge < -0.3 is 14.6 Å². The van der Waals surface area contributed by atoms with Crippen LogP contribution in [0.15, 0.2) is 24.3 Å². The number of alkyl halides is 3. The van der Waals surface area contributed by atoms with Crippen molar-refractivity contribution < 1.29 is 32.5 Å². The fraction of sp³-hybridized carbons (Fsp3) is 0.364. The standard InChI is InChI=1S/C11H11F3O4/c1-17-10(16)9(15)6-7-2-4-8(5-3-7)18-11(12,13)14/h2-5,9,15H,6H2,1H3. The zero-order valence-electron chi connectivity index (χ0n) is 9.40. The number of carbonyl (C=O) groups is 1. The maximum atomic E-state index is 11.9. The predicted octanol–water partition coefficient (Wildman–Crippen LogP) is 1.66. The molecular formula is C11H11F3O4. The van der Waals surface area contributed by atoms with E-state index in [4.69, 9.17) is 0 Å². The highest BCUT2D eigenvalue weighted by atomic mass is 19.4. The molecule has 0 saturated carbocycles. The summed E-state index contributed by atoms with van der Waals surface area (Å²) in [5.41, 5.74) is 0.488. The summed E-state index contributed by atoms with van der Waals surface area (Å²) in [5, 5.41) is 9.34. The van der Waals surface area contributed by atoms with Gasteiger partial charge in [-0.15, -0.1) is 13.2 Å². The number of hydrogen-bond acceptors (Lipinski definition) is 4. The SMILES string of the molecule is COC(=O)C(O)Cc1ccc(OC(F)(F)F)cc1. The quantitative estimate of drug-likeness (QED) is 0.840. The average Bonchev–Trinajstić information content (AvgIpc) is 2.28. The average molecular weight is 264 g/mol. The number of aliphatic hydroxyl groups is 1. The maximum Gasteiger partial charge on any atom is 0.573 e. The summed E-state index contributed by atoms with van der Waals surface area (Å²) < 4.78 is 43.6. The third-order valence-corrected chi connectivity index (χ3v) is 2.06. The van der Waals surface area contributed by atoms with Gasteiger partial charge >= 0.3 is 12.3 Å². The molecule has 1 aromatic carbocycles. The summed E-state index contributed by atoms with van der Waals surface area (Å²) in [5.74, 6) is -1.16. The Hall–Kier alpha value is -1.76. The second kappa shape index (κ2) is 5.72. The number of aliphatic hydroxyl groups excluding tert-OH is 1. The van der Waals surface area contributed by atoms with E-state index in [9.17, 15) is 23.1 Å². The number of benzene rings is 1. The molecule has 0 bridgehead atoms. The highest BCUT2D eigenvalue weighted by Crippen LogP contribution is 2.23. The Morgan fingerprint density at radius 2 is 1.89 bits per heavy atom. The Labute approximate surface area is 101 Å². The Kier molecular flexibility index (Phi) is 4.55. The Balaban J connectivity index is 2.63. The fourth-order valence-electron chi connectivity index (χ4n) is 1.27. The van der Waals surface area contributed by atoms with Crippen LogP contribution >= 0.6 is 0 Å². The molecule has 0 amide bonds. The van der Waals surface area contributed by atoms with Crippen LogP contribution in [-0.2, 0) is 16.0 Å². The number of methoxy groups -OCH3 is 1. The lowest BCUT2D eigenvalue weighted by molar-refractivity contribution is -0.274. The molecule has 1 rings (SSSR count). The van der Waals surface area contributed by atoms with Crippen LogP contribution in [0.5, 0.6) is 5.75 Å². The van der Waals surface area contributed by atoms with Gasteiger partial charge in [0.25, 0.3) is 0 Å². The van der Waals surface area contributed by atoms with Crippen molar-refractivity contribution >= 4 is 5.97 Å². The van der Waals surface area contributed by atoms with Gasteiger partial charge in [-0.1, -0.05) is 12.1 Å². The van der Waals surface area contributed by atoms with Crippen LogP contribution in [0.3, 0.4) is 0 Å². The van der Waals surface area contributed by atoms with E-state index in [1.807, 2.05) is 0 Å². The molecule has 4 nitrogen and oxygen atoms in total. The maximum absolute atomic E-state index is 11.9. The fourth-order valence-corrected chi connectivity index (χ4v) is 1.27. The summed E-state index contributed by atoms with van der Waals surface area (Å²) >= 11 is 0. The summed E-state index contributed by atoms with van der Waals surface area (Å²) in [6.45, 7) is 0. The summed E-state index contributed by atoms with van der Waals surface area (Å²) in [7, 11) is 1.13. The highest BCUT2D eigenvalue weighted by Gasteiger charge is 2.31. The molecule has 18 heavy (non-hydrogen) atoms. The van der Waals surface area contributed by atoms with Crippen LogP contribution in [0.2, 0.25) is 0 Å². The van der Waals surface area contributed by atoms with Crippen molar-refractivity contribution in [3.8, 4) is 5.75 Å². The van der Waals surface area contributed by atoms with Gasteiger partial charge in [-0.2, -0.15) is 0 Å². The molecule has 100 valence electrons. The molecule has 0 radical (unpaired) electrons. The van der Waals surface area contributed by atoms with E-state index in [0.29, 0.717) is 5.56 Å². The van der Waals surface area contributed by atoms with Gasteiger partial charge in [0, 0.05) is 6.42 Å². The largest absolute Gasteiger partial charge is 0.573 e. The van der Waals surface area contributed by atoms with Gasteiger partial charge in [0.05, 0.1) is 7.11 Å². The van der Waals surface area contributed by atoms with Crippen molar-refractivity contribution in [2.75, 3.05) is 7.11 Å². The second-order valence-electron chi connectivity index (χ2n) is 3.43. The van der Waals surface area contributed by atoms with E-state index in [2.05, 4.69) is 9.47 Å². The lowest BCUT2D eigenvalue weighted by Gasteiger charge is -2.10. The summed E-state index contributed by atoms with van der Waals surface area (Å²) in [6.07, 6.45) is -6.13. The van der Waals surface area contributed by atoms with Gasteiger partial charge in [-0.25, -0.2) is 4.79 Å². The van der Waals surface area contributed by atoms with Crippen LogP contribution in [0.25, 0.3) is 0 Å². The van der Waals surface area contributed by atoms with E-state index < -0.39 is 18.4 Å². The minimum absolute atomic E-state index is 0.0427. The highest BCUT2D eigenvalue weighted by molar-refractivity contribution is 5.74. The first-order valence-corrected chi connectivity index (χ1v) is 4.92. The van der Waals surface area contributed by atoms with Crippen LogP contribution in [0, 0.1) is 0 Å². The van der Waals surface area contributed by atoms with E-state index in [-0.39, 0.29) is 12.2 Å². The third kappa shape index (κ3) is 4.62. The Bertz CT molecular complexity index is 400. The molecule has 1 unspecified atom stereocenters. The van der Waals surface area contributed by atoms with Gasteiger partial charge in [0.15, 0.2) is 6.10 Å². The molecule has 0 fully saturated rings. The zero-order chi connectivity index (χ0) is 13.8. The number of hydrogen-bond donors (Lipinski definition) is 1. The number of ether oxygens (including phenoxy) is 2. The second-order valence-corrected chi connectivity index (χ2v) is 3.43. The van der Waals surface area contributed by atoms with Crippen LogP contribution in [0.1, 0.15) is 5.56 Å². The molecule has 0 heterocycles. The van der Waals surface area contributed by atoms with Crippen molar-refractivity contribution in [3.05, 3.63) is 29.8 Å². The molecule has 0 saturated heterocycles. The van der Waals surface area contributed by atoms with Gasteiger partial charge in [-0.05, 0) is 17.7 Å². The molecule has 7 heteroatoms. The van der Waals surface area contributed by atoms with Crippen molar-refractivity contribution in [1.29, 1.82) is 0 Å². The number of halogens is 3. The van der Waals surface area contributed by atoms with Gasteiger partial charge in [0.1, 0.15) is 5.75 Å². The minimum atomic E-state index is -4.74.